The molecule has 144 valence electrons. The Morgan fingerprint density at radius 3 is 2.44 bits per heavy atom. The first-order valence-corrected chi connectivity index (χ1v) is 9.97. The van der Waals surface area contributed by atoms with E-state index in [0.29, 0.717) is 19.0 Å². The molecule has 0 saturated carbocycles. The monoisotopic (exact) mass is 366 g/mol. The third-order valence-electron chi connectivity index (χ3n) is 5.50. The van der Waals surface area contributed by atoms with E-state index in [0.717, 1.165) is 5.56 Å². The molecular formula is C23H32N3O+. The van der Waals surface area contributed by atoms with Crippen LogP contribution in [0, 0.1) is 6.92 Å². The number of quaternary nitrogens is 1. The predicted octanol–water partition coefficient (Wildman–Crippen LogP) is 2.14. The highest BCUT2D eigenvalue weighted by Gasteiger charge is 2.27. The van der Waals surface area contributed by atoms with Crippen LogP contribution in [0.4, 0.5) is 5.69 Å². The maximum Gasteiger partial charge on any atom is 0.224 e. The summed E-state index contributed by atoms with van der Waals surface area (Å²) < 4.78 is 0. The predicted molar refractivity (Wildman–Crippen MR) is 111 cm³/mol. The Balaban J connectivity index is 1.65. The van der Waals surface area contributed by atoms with Gasteiger partial charge < -0.3 is 15.1 Å². The zero-order chi connectivity index (χ0) is 19.2. The van der Waals surface area contributed by atoms with Crippen LogP contribution < -0.4 is 15.1 Å². The first-order valence-electron chi connectivity index (χ1n) is 9.97. The van der Waals surface area contributed by atoms with Crippen molar-refractivity contribution in [1.82, 2.24) is 5.32 Å². The highest BCUT2D eigenvalue weighted by Crippen LogP contribution is 2.17. The molecular weight excluding hydrogens is 334 g/mol. The van der Waals surface area contributed by atoms with Crippen molar-refractivity contribution in [3.63, 3.8) is 0 Å². The summed E-state index contributed by atoms with van der Waals surface area (Å²) in [5, 5.41) is 3.19. The largest absolute Gasteiger partial charge is 0.378 e. The molecule has 0 bridgehead atoms. The van der Waals surface area contributed by atoms with Gasteiger partial charge in [0.15, 0.2) is 0 Å². The highest BCUT2D eigenvalue weighted by atomic mass is 16.1. The Morgan fingerprint density at radius 2 is 1.81 bits per heavy atom. The number of amides is 1. The van der Waals surface area contributed by atoms with Crippen molar-refractivity contribution in [2.45, 2.75) is 32.2 Å². The number of aryl methyl sites for hydroxylation is 1. The number of nitrogens with zero attached hydrogens (tertiary/aromatic N) is 1. The van der Waals surface area contributed by atoms with Crippen molar-refractivity contribution in [3.05, 3.63) is 65.2 Å². The maximum atomic E-state index is 12.5. The fraction of sp³-hybridized carbons (Fsp3) is 0.435. The second-order valence-corrected chi connectivity index (χ2v) is 7.87. The number of hydrogen-bond donors (Lipinski definition) is 2. The molecule has 27 heavy (non-hydrogen) atoms. The van der Waals surface area contributed by atoms with Crippen LogP contribution in [0.2, 0.25) is 0 Å². The van der Waals surface area contributed by atoms with Gasteiger partial charge in [-0.3, -0.25) is 4.79 Å². The van der Waals surface area contributed by atoms with Gasteiger partial charge >= 0.3 is 0 Å². The molecule has 2 aromatic carbocycles. The van der Waals surface area contributed by atoms with Gasteiger partial charge in [0.1, 0.15) is 6.04 Å². The summed E-state index contributed by atoms with van der Waals surface area (Å²) in [6.45, 7) is 5.13. The lowest BCUT2D eigenvalue weighted by molar-refractivity contribution is -0.918. The number of benzene rings is 2. The van der Waals surface area contributed by atoms with E-state index in [9.17, 15) is 4.79 Å². The van der Waals surface area contributed by atoms with Gasteiger partial charge in [-0.15, -0.1) is 0 Å². The lowest BCUT2D eigenvalue weighted by Crippen LogP contribution is -3.11. The van der Waals surface area contributed by atoms with E-state index in [4.69, 9.17) is 0 Å². The molecule has 0 radical (unpaired) electrons. The molecule has 1 saturated heterocycles. The Morgan fingerprint density at radius 1 is 1.11 bits per heavy atom. The molecule has 3 rings (SSSR count). The molecule has 0 aliphatic carbocycles. The molecule has 1 amide bonds. The van der Waals surface area contributed by atoms with Crippen molar-refractivity contribution in [1.29, 1.82) is 0 Å². The van der Waals surface area contributed by atoms with E-state index < -0.39 is 0 Å². The molecule has 0 aromatic heterocycles. The Labute approximate surface area is 163 Å². The molecule has 0 unspecified atom stereocenters. The van der Waals surface area contributed by atoms with E-state index in [-0.39, 0.29) is 5.91 Å². The Kier molecular flexibility index (Phi) is 6.51. The van der Waals surface area contributed by atoms with E-state index in [2.05, 4.69) is 67.6 Å². The zero-order valence-electron chi connectivity index (χ0n) is 16.8. The van der Waals surface area contributed by atoms with E-state index in [1.54, 1.807) is 4.90 Å². The van der Waals surface area contributed by atoms with Gasteiger partial charge in [-0.25, -0.2) is 0 Å². The molecule has 1 fully saturated rings. The molecule has 2 aromatic rings. The fourth-order valence-corrected chi connectivity index (χ4v) is 3.97. The van der Waals surface area contributed by atoms with Crippen LogP contribution in [-0.4, -0.2) is 39.6 Å². The van der Waals surface area contributed by atoms with E-state index in [1.165, 1.54) is 42.7 Å². The first kappa shape index (κ1) is 19.4. The molecule has 4 heteroatoms. The number of nitrogens with one attached hydrogen (secondary N) is 2. The van der Waals surface area contributed by atoms with Gasteiger partial charge in [-0.2, -0.15) is 0 Å². The lowest BCUT2D eigenvalue weighted by atomic mass is 10.0. The number of likely N-dealkylation sites (tertiary alicyclic amines) is 1. The second kappa shape index (κ2) is 9.05. The summed E-state index contributed by atoms with van der Waals surface area (Å²) in [5.74, 6) is 0.106. The van der Waals surface area contributed by atoms with Crippen LogP contribution in [0.25, 0.3) is 0 Å². The summed E-state index contributed by atoms with van der Waals surface area (Å²) in [6, 6.07) is 17.3. The van der Waals surface area contributed by atoms with Crippen molar-refractivity contribution in [2.24, 2.45) is 0 Å². The van der Waals surface area contributed by atoms with Gasteiger partial charge in [0.05, 0.1) is 26.1 Å². The summed E-state index contributed by atoms with van der Waals surface area (Å²) in [6.07, 6.45) is 3.00. The first-order chi connectivity index (χ1) is 13.0. The average Bonchev–Trinajstić information content (AvgIpc) is 3.17. The minimum atomic E-state index is 0.106. The zero-order valence-corrected chi connectivity index (χ0v) is 16.8. The third kappa shape index (κ3) is 5.33. The number of carbonyl (C=O) groups excluding carboxylic acids is 1. The lowest BCUT2D eigenvalue weighted by Gasteiger charge is -2.26. The summed E-state index contributed by atoms with van der Waals surface area (Å²) in [7, 11) is 4.12. The van der Waals surface area contributed by atoms with Gasteiger partial charge in [0, 0.05) is 38.2 Å². The third-order valence-corrected chi connectivity index (χ3v) is 5.50. The fourth-order valence-electron chi connectivity index (χ4n) is 3.97. The Bertz CT molecular complexity index is 748. The minimum absolute atomic E-state index is 0.106. The van der Waals surface area contributed by atoms with Gasteiger partial charge in [0.25, 0.3) is 0 Å². The van der Waals surface area contributed by atoms with Crippen LogP contribution in [0.3, 0.4) is 0 Å². The highest BCUT2D eigenvalue weighted by molar-refractivity contribution is 5.78. The number of rotatable bonds is 7. The molecule has 2 N–H and O–H groups in total. The topological polar surface area (TPSA) is 36.8 Å². The summed E-state index contributed by atoms with van der Waals surface area (Å²) >= 11 is 0. The van der Waals surface area contributed by atoms with Crippen molar-refractivity contribution < 1.29 is 9.69 Å². The number of hydrogen-bond acceptors (Lipinski definition) is 2. The summed E-state index contributed by atoms with van der Waals surface area (Å²) in [4.78, 5) is 16.2. The normalized spacial score (nSPS) is 15.5. The molecule has 1 aliphatic heterocycles. The molecule has 4 nitrogen and oxygen atoms in total. The summed E-state index contributed by atoms with van der Waals surface area (Å²) in [5.41, 5.74) is 4.79. The van der Waals surface area contributed by atoms with Gasteiger partial charge in [-0.05, 0) is 24.6 Å². The maximum absolute atomic E-state index is 12.5. The van der Waals surface area contributed by atoms with E-state index >= 15 is 0 Å². The van der Waals surface area contributed by atoms with Gasteiger partial charge in [0.2, 0.25) is 5.91 Å². The number of carbonyl (C=O) groups is 1. The van der Waals surface area contributed by atoms with Crippen LogP contribution in [0.5, 0.6) is 0 Å². The van der Waals surface area contributed by atoms with Gasteiger partial charge in [-0.1, -0.05) is 42.0 Å². The quantitative estimate of drug-likeness (QED) is 0.788. The van der Waals surface area contributed by atoms with Crippen molar-refractivity contribution in [3.8, 4) is 0 Å². The van der Waals surface area contributed by atoms with E-state index in [1.807, 2.05) is 12.1 Å². The molecule has 1 aliphatic rings. The van der Waals surface area contributed by atoms with Crippen LogP contribution in [0.1, 0.15) is 35.6 Å². The van der Waals surface area contributed by atoms with Crippen molar-refractivity contribution >= 4 is 11.6 Å². The smallest absolute Gasteiger partial charge is 0.224 e. The van der Waals surface area contributed by atoms with Crippen LogP contribution >= 0.6 is 0 Å². The molecule has 0 spiro atoms. The molecule has 1 atom stereocenters. The second-order valence-electron chi connectivity index (χ2n) is 7.87. The SMILES string of the molecule is Cc1cccc(CC(=O)NC[C@@H](c2ccc(N(C)C)cc2)[NH+]2CCCC2)c1. The Hall–Kier alpha value is -2.33. The standard InChI is InChI=1S/C23H31N3O/c1-18-7-6-8-19(15-18)16-23(27)24-17-22(26-13-4-5-14-26)20-9-11-21(12-10-20)25(2)3/h6-12,15,22H,4-5,13-14,16-17H2,1-3H3,(H,24,27)/p+1/t22-/m0/s1. The van der Waals surface area contributed by atoms with Crippen LogP contribution in [-0.2, 0) is 11.2 Å². The minimum Gasteiger partial charge on any atom is -0.378 e. The van der Waals surface area contributed by atoms with Crippen molar-refractivity contribution in [2.75, 3.05) is 38.6 Å². The van der Waals surface area contributed by atoms with Crippen LogP contribution in [0.15, 0.2) is 48.5 Å². The number of anilines is 1. The average molecular weight is 367 g/mol. The molecule has 1 heterocycles.